The highest BCUT2D eigenvalue weighted by Gasteiger charge is 1.97. The van der Waals surface area contributed by atoms with E-state index in [1.807, 2.05) is 6.20 Å². The highest BCUT2D eigenvalue weighted by Crippen LogP contribution is 2.08. The van der Waals surface area contributed by atoms with E-state index < -0.39 is 0 Å². The molecule has 0 rings (SSSR count). The Labute approximate surface area is 119 Å². The van der Waals surface area contributed by atoms with E-state index in [0.717, 1.165) is 32.7 Å². The lowest BCUT2D eigenvalue weighted by molar-refractivity contribution is 0.0535. The van der Waals surface area contributed by atoms with E-state index in [1.54, 1.807) is 0 Å². The molecule has 0 radical (unpaired) electrons. The van der Waals surface area contributed by atoms with E-state index in [2.05, 4.69) is 57.2 Å². The van der Waals surface area contributed by atoms with Crippen molar-refractivity contribution >= 4 is 0 Å². The van der Waals surface area contributed by atoms with Gasteiger partial charge in [0.25, 0.3) is 0 Å². The lowest BCUT2D eigenvalue weighted by Gasteiger charge is -2.17. The molecular weight excluding hydrogens is 236 g/mol. The van der Waals surface area contributed by atoms with Crippen LogP contribution in [-0.2, 0) is 4.84 Å². The fourth-order valence-electron chi connectivity index (χ4n) is 1.76. The molecular formula is C16H32N2O. The summed E-state index contributed by atoms with van der Waals surface area (Å²) in [6, 6.07) is 0. The van der Waals surface area contributed by atoms with Crippen LogP contribution in [0, 0.1) is 5.92 Å². The fraction of sp³-hybridized carbons (Fsp3) is 0.750. The third-order valence-corrected chi connectivity index (χ3v) is 3.15. The Morgan fingerprint density at radius 2 is 1.95 bits per heavy atom. The molecule has 0 aliphatic heterocycles. The summed E-state index contributed by atoms with van der Waals surface area (Å²) in [5.41, 5.74) is 4.29. The second-order valence-electron chi connectivity index (χ2n) is 5.19. The Morgan fingerprint density at radius 1 is 1.26 bits per heavy atom. The molecule has 1 N–H and O–H groups in total. The molecule has 0 aliphatic rings. The summed E-state index contributed by atoms with van der Waals surface area (Å²) in [5.74, 6) is 0.578. The van der Waals surface area contributed by atoms with E-state index in [4.69, 9.17) is 4.84 Å². The number of hydrogen-bond acceptors (Lipinski definition) is 3. The van der Waals surface area contributed by atoms with Crippen molar-refractivity contribution in [1.29, 1.82) is 0 Å². The summed E-state index contributed by atoms with van der Waals surface area (Å²) < 4.78 is 0. The third kappa shape index (κ3) is 12.0. The lowest BCUT2D eigenvalue weighted by Crippen LogP contribution is -2.28. The zero-order valence-corrected chi connectivity index (χ0v) is 13.4. The molecule has 0 fully saturated rings. The molecule has 0 aliphatic carbocycles. The molecule has 0 heterocycles. The minimum atomic E-state index is 0.578. The van der Waals surface area contributed by atoms with Gasteiger partial charge in [0.1, 0.15) is 0 Å². The zero-order valence-electron chi connectivity index (χ0n) is 13.4. The summed E-state index contributed by atoms with van der Waals surface area (Å²) in [5, 5.41) is 0. The van der Waals surface area contributed by atoms with Crippen LogP contribution < -0.4 is 5.48 Å². The molecule has 0 saturated heterocycles. The monoisotopic (exact) mass is 268 g/mol. The number of hydrogen-bond donors (Lipinski definition) is 1. The highest BCUT2D eigenvalue weighted by atomic mass is 16.6. The molecule has 3 nitrogen and oxygen atoms in total. The van der Waals surface area contributed by atoms with Crippen LogP contribution in [0.4, 0.5) is 0 Å². The summed E-state index contributed by atoms with van der Waals surface area (Å²) in [4.78, 5) is 7.71. The first-order chi connectivity index (χ1) is 9.10. The Balaban J connectivity index is 3.54. The van der Waals surface area contributed by atoms with Gasteiger partial charge in [-0.1, -0.05) is 38.5 Å². The van der Waals surface area contributed by atoms with Crippen LogP contribution in [0.3, 0.4) is 0 Å². The number of likely N-dealkylation sites (N-methyl/N-ethyl adjacent to an activating group) is 1. The molecule has 0 aromatic carbocycles. The van der Waals surface area contributed by atoms with Crippen molar-refractivity contribution in [3.63, 3.8) is 0 Å². The highest BCUT2D eigenvalue weighted by molar-refractivity contribution is 4.94. The van der Waals surface area contributed by atoms with Gasteiger partial charge in [-0.3, -0.25) is 10.3 Å². The predicted molar refractivity (Wildman–Crippen MR) is 83.8 cm³/mol. The average Bonchev–Trinajstić information content (AvgIpc) is 2.37. The van der Waals surface area contributed by atoms with Crippen molar-refractivity contribution in [3.05, 3.63) is 23.9 Å². The van der Waals surface area contributed by atoms with Gasteiger partial charge in [-0.15, -0.1) is 0 Å². The Hall–Kier alpha value is -0.800. The van der Waals surface area contributed by atoms with Crippen molar-refractivity contribution in [2.75, 3.05) is 26.2 Å². The van der Waals surface area contributed by atoms with Gasteiger partial charge in [-0.05, 0) is 45.7 Å². The quantitative estimate of drug-likeness (QED) is 0.351. The smallest absolute Gasteiger partial charge is 0.0872 e. The first-order valence-corrected chi connectivity index (χ1v) is 7.49. The largest absolute Gasteiger partial charge is 0.301 e. The van der Waals surface area contributed by atoms with Crippen LogP contribution in [0.25, 0.3) is 0 Å². The van der Waals surface area contributed by atoms with Crippen LogP contribution in [0.15, 0.2) is 23.9 Å². The second kappa shape index (κ2) is 12.2. The predicted octanol–water partition coefficient (Wildman–Crippen LogP) is 3.75. The third-order valence-electron chi connectivity index (χ3n) is 3.15. The number of rotatable bonds is 11. The molecule has 112 valence electrons. The van der Waals surface area contributed by atoms with Crippen molar-refractivity contribution in [1.82, 2.24) is 10.4 Å². The molecule has 0 spiro atoms. The van der Waals surface area contributed by atoms with Crippen molar-refractivity contribution in [3.8, 4) is 0 Å². The second-order valence-corrected chi connectivity index (χ2v) is 5.19. The van der Waals surface area contributed by atoms with E-state index in [0.29, 0.717) is 5.92 Å². The minimum absolute atomic E-state index is 0.578. The fourth-order valence-corrected chi connectivity index (χ4v) is 1.76. The normalized spacial score (nSPS) is 12.9. The molecule has 0 aromatic rings. The van der Waals surface area contributed by atoms with Crippen LogP contribution >= 0.6 is 0 Å². The first kappa shape index (κ1) is 18.2. The Bertz CT molecular complexity index is 253. The lowest BCUT2D eigenvalue weighted by atomic mass is 10.0. The Morgan fingerprint density at radius 3 is 2.53 bits per heavy atom. The molecule has 0 aromatic heterocycles. The van der Waals surface area contributed by atoms with Gasteiger partial charge in [-0.2, -0.15) is 0 Å². The number of nitrogens with zero attached hydrogens (tertiary/aromatic N) is 1. The Kier molecular flexibility index (Phi) is 11.7. The summed E-state index contributed by atoms with van der Waals surface area (Å²) in [6.45, 7) is 14.7. The summed E-state index contributed by atoms with van der Waals surface area (Å²) >= 11 is 0. The van der Waals surface area contributed by atoms with E-state index in [9.17, 15) is 0 Å². The van der Waals surface area contributed by atoms with Gasteiger partial charge in [0.15, 0.2) is 0 Å². The maximum absolute atomic E-state index is 5.37. The average molecular weight is 268 g/mol. The molecule has 1 atom stereocenters. The molecule has 19 heavy (non-hydrogen) atoms. The van der Waals surface area contributed by atoms with E-state index in [1.165, 1.54) is 12.0 Å². The van der Waals surface area contributed by atoms with Crippen LogP contribution in [0.1, 0.15) is 47.5 Å². The van der Waals surface area contributed by atoms with Crippen LogP contribution in [-0.4, -0.2) is 31.1 Å². The molecule has 0 saturated carbocycles. The SMILES string of the molecule is CCN(CC)CCON/C=C/C(C)CCC=C(C)C. The maximum atomic E-state index is 5.37. The van der Waals surface area contributed by atoms with Gasteiger partial charge >= 0.3 is 0 Å². The van der Waals surface area contributed by atoms with Crippen molar-refractivity contribution in [2.45, 2.75) is 47.5 Å². The van der Waals surface area contributed by atoms with Crippen LogP contribution in [0.5, 0.6) is 0 Å². The zero-order chi connectivity index (χ0) is 14.5. The number of hydroxylamine groups is 1. The van der Waals surface area contributed by atoms with Gasteiger partial charge in [0.05, 0.1) is 6.61 Å². The summed E-state index contributed by atoms with van der Waals surface area (Å²) in [6.07, 6.45) is 8.70. The van der Waals surface area contributed by atoms with Gasteiger partial charge in [0, 0.05) is 12.7 Å². The van der Waals surface area contributed by atoms with E-state index >= 15 is 0 Å². The first-order valence-electron chi connectivity index (χ1n) is 7.49. The topological polar surface area (TPSA) is 24.5 Å². The maximum Gasteiger partial charge on any atom is 0.0872 e. The standard InChI is InChI=1S/C16H32N2O/c1-6-18(7-2)13-14-19-17-12-11-16(5)10-8-9-15(3)4/h9,11-12,16-17H,6-8,10,13-14H2,1-5H3/b12-11+. The van der Waals surface area contributed by atoms with E-state index in [-0.39, 0.29) is 0 Å². The molecule has 1 unspecified atom stereocenters. The molecule has 3 heteroatoms. The van der Waals surface area contributed by atoms with Gasteiger partial charge in [0.2, 0.25) is 0 Å². The van der Waals surface area contributed by atoms with Gasteiger partial charge in [-0.25, -0.2) is 0 Å². The van der Waals surface area contributed by atoms with Crippen molar-refractivity contribution in [2.24, 2.45) is 5.92 Å². The summed E-state index contributed by atoms with van der Waals surface area (Å²) in [7, 11) is 0. The minimum Gasteiger partial charge on any atom is -0.301 e. The van der Waals surface area contributed by atoms with Gasteiger partial charge < -0.3 is 4.90 Å². The van der Waals surface area contributed by atoms with Crippen molar-refractivity contribution < 1.29 is 4.84 Å². The molecule has 0 bridgehead atoms. The number of nitrogens with one attached hydrogen (secondary N) is 1. The van der Waals surface area contributed by atoms with Crippen LogP contribution in [0.2, 0.25) is 0 Å². The number of allylic oxidation sites excluding steroid dienone is 3. The molecule has 0 amide bonds.